The van der Waals surface area contributed by atoms with Crippen molar-refractivity contribution >= 4 is 0 Å². The molecule has 10 heavy (non-hydrogen) atoms. The fraction of sp³-hybridized carbons (Fsp3) is 0.143. The van der Waals surface area contributed by atoms with Crippen molar-refractivity contribution in [2.75, 3.05) is 0 Å². The molecule has 1 nitrogen and oxygen atoms in total. The van der Waals surface area contributed by atoms with Gasteiger partial charge in [0, 0.05) is 5.56 Å². The second-order valence-corrected chi connectivity index (χ2v) is 1.87. The molecule has 0 saturated heterocycles. The molecule has 52 valence electrons. The van der Waals surface area contributed by atoms with Crippen molar-refractivity contribution in [2.45, 2.75) is 6.54 Å². The Bertz CT molecular complexity index is 235. The lowest BCUT2D eigenvalue weighted by Crippen LogP contribution is -1.93. The highest BCUT2D eigenvalue weighted by Gasteiger charge is 2.04. The summed E-state index contributed by atoms with van der Waals surface area (Å²) in [5.74, 6) is -1.89. The van der Waals surface area contributed by atoms with Crippen LogP contribution in [0.4, 0.5) is 8.78 Å². The summed E-state index contributed by atoms with van der Waals surface area (Å²) in [7, 11) is 0. The second kappa shape index (κ2) is 2.75. The average molecular weight is 141 g/mol. The standard InChI is InChI=1S/C7H5F2N/c8-6-3-1-2-5(4-10)7(6)9/h1-3H,4H2. The Morgan fingerprint density at radius 3 is 2.50 bits per heavy atom. The predicted molar refractivity (Wildman–Crippen MR) is 32.2 cm³/mol. The van der Waals surface area contributed by atoms with Gasteiger partial charge in [-0.1, -0.05) is 12.1 Å². The third-order valence-electron chi connectivity index (χ3n) is 1.20. The maximum atomic E-state index is 12.5. The zero-order chi connectivity index (χ0) is 7.56. The molecule has 0 amide bonds. The Labute approximate surface area is 57.5 Å². The van der Waals surface area contributed by atoms with E-state index < -0.39 is 18.2 Å². The van der Waals surface area contributed by atoms with Crippen LogP contribution in [0.15, 0.2) is 18.2 Å². The molecule has 0 bridgehead atoms. The van der Waals surface area contributed by atoms with E-state index in [-0.39, 0.29) is 5.56 Å². The highest BCUT2D eigenvalue weighted by atomic mass is 19.2. The normalized spacial score (nSPS) is 9.90. The van der Waals surface area contributed by atoms with Gasteiger partial charge in [-0.15, -0.1) is 5.73 Å². The minimum atomic E-state index is -0.968. The van der Waals surface area contributed by atoms with Crippen molar-refractivity contribution in [3.05, 3.63) is 35.4 Å². The van der Waals surface area contributed by atoms with Gasteiger partial charge in [0.15, 0.2) is 11.6 Å². The summed E-state index contributed by atoms with van der Waals surface area (Å²) in [6, 6.07) is 3.69. The third kappa shape index (κ3) is 1.14. The summed E-state index contributed by atoms with van der Waals surface area (Å²) in [6.07, 6.45) is 0. The van der Waals surface area contributed by atoms with Gasteiger partial charge in [-0.05, 0) is 6.07 Å². The maximum absolute atomic E-state index is 12.5. The molecule has 0 saturated carbocycles. The first-order chi connectivity index (χ1) is 4.75. The summed E-state index contributed by atoms with van der Waals surface area (Å²) in [5, 5.41) is 0. The average Bonchev–Trinajstić information content (AvgIpc) is 1.95. The molecule has 0 aliphatic rings. The lowest BCUT2D eigenvalue weighted by atomic mass is 10.2. The molecular weight excluding hydrogens is 136 g/mol. The summed E-state index contributed by atoms with van der Waals surface area (Å²) >= 11 is 0. The molecule has 2 radical (unpaired) electrons. The Kier molecular flexibility index (Phi) is 1.97. The molecule has 1 aromatic carbocycles. The maximum Gasteiger partial charge on any atom is 0.163 e. The van der Waals surface area contributed by atoms with Gasteiger partial charge >= 0.3 is 0 Å². The molecular formula is C7H5F2N. The fourth-order valence-corrected chi connectivity index (χ4v) is 0.671. The Morgan fingerprint density at radius 1 is 1.30 bits per heavy atom. The van der Waals surface area contributed by atoms with Crippen LogP contribution in [0.2, 0.25) is 0 Å². The van der Waals surface area contributed by atoms with Crippen LogP contribution in [-0.4, -0.2) is 0 Å². The summed E-state index contributed by atoms with van der Waals surface area (Å²) in [5.41, 5.74) is 8.42. The van der Waals surface area contributed by atoms with Crippen molar-refractivity contribution < 1.29 is 8.78 Å². The number of rotatable bonds is 1. The van der Waals surface area contributed by atoms with Crippen molar-refractivity contribution in [3.8, 4) is 0 Å². The SMILES string of the molecule is [N]Cc1cccc(F)c1F. The zero-order valence-corrected chi connectivity index (χ0v) is 5.14. The van der Waals surface area contributed by atoms with Gasteiger partial charge < -0.3 is 0 Å². The molecule has 3 heteroatoms. The lowest BCUT2D eigenvalue weighted by Gasteiger charge is -1.96. The van der Waals surface area contributed by atoms with Gasteiger partial charge in [-0.25, -0.2) is 8.78 Å². The molecule has 0 unspecified atom stereocenters. The first kappa shape index (κ1) is 7.15. The molecule has 0 fully saturated rings. The van der Waals surface area contributed by atoms with Crippen LogP contribution >= 0.6 is 0 Å². The molecule has 0 atom stereocenters. The smallest absolute Gasteiger partial charge is 0.163 e. The zero-order valence-electron chi connectivity index (χ0n) is 5.14. The molecule has 1 aromatic rings. The number of nitrogens with zero attached hydrogens (tertiary/aromatic N) is 1. The molecule has 0 heterocycles. The van der Waals surface area contributed by atoms with Crippen molar-refractivity contribution in [3.63, 3.8) is 0 Å². The van der Waals surface area contributed by atoms with E-state index in [1.165, 1.54) is 12.1 Å². The van der Waals surface area contributed by atoms with Crippen molar-refractivity contribution in [2.24, 2.45) is 0 Å². The minimum Gasteiger partial charge on any atom is -0.204 e. The van der Waals surface area contributed by atoms with Gasteiger partial charge in [-0.3, -0.25) is 0 Å². The molecule has 0 aliphatic heterocycles. The van der Waals surface area contributed by atoms with Crippen LogP contribution in [0.25, 0.3) is 0 Å². The van der Waals surface area contributed by atoms with Crippen LogP contribution in [0.5, 0.6) is 0 Å². The van der Waals surface area contributed by atoms with Crippen molar-refractivity contribution in [1.29, 1.82) is 0 Å². The van der Waals surface area contributed by atoms with E-state index in [0.717, 1.165) is 6.07 Å². The van der Waals surface area contributed by atoms with Gasteiger partial charge in [0.2, 0.25) is 0 Å². The Morgan fingerprint density at radius 2 is 2.00 bits per heavy atom. The first-order valence-corrected chi connectivity index (χ1v) is 2.79. The fourth-order valence-electron chi connectivity index (χ4n) is 0.671. The third-order valence-corrected chi connectivity index (χ3v) is 1.20. The number of hydrogen-bond donors (Lipinski definition) is 0. The van der Waals surface area contributed by atoms with E-state index in [9.17, 15) is 8.78 Å². The van der Waals surface area contributed by atoms with E-state index in [4.69, 9.17) is 5.73 Å². The first-order valence-electron chi connectivity index (χ1n) is 2.79. The largest absolute Gasteiger partial charge is 0.204 e. The molecule has 0 N–H and O–H groups in total. The quantitative estimate of drug-likeness (QED) is 0.566. The predicted octanol–water partition coefficient (Wildman–Crippen LogP) is 1.53. The summed E-state index contributed by atoms with van der Waals surface area (Å²) < 4.78 is 24.7. The topological polar surface area (TPSA) is 22.3 Å². The Hall–Kier alpha value is -0.960. The molecule has 1 rings (SSSR count). The molecule has 0 aromatic heterocycles. The van der Waals surface area contributed by atoms with Gasteiger partial charge in [0.1, 0.15) is 0 Å². The highest BCUT2D eigenvalue weighted by molar-refractivity contribution is 5.18. The molecule has 0 spiro atoms. The number of halogens is 2. The van der Waals surface area contributed by atoms with Crippen LogP contribution in [0.1, 0.15) is 5.56 Å². The van der Waals surface area contributed by atoms with Crippen molar-refractivity contribution in [1.82, 2.24) is 5.73 Å². The van der Waals surface area contributed by atoms with E-state index in [0.29, 0.717) is 0 Å². The van der Waals surface area contributed by atoms with E-state index >= 15 is 0 Å². The highest BCUT2D eigenvalue weighted by Crippen LogP contribution is 2.09. The van der Waals surface area contributed by atoms with E-state index in [2.05, 4.69) is 0 Å². The monoisotopic (exact) mass is 141 g/mol. The summed E-state index contributed by atoms with van der Waals surface area (Å²) in [4.78, 5) is 0. The van der Waals surface area contributed by atoms with Gasteiger partial charge in [-0.2, -0.15) is 0 Å². The second-order valence-electron chi connectivity index (χ2n) is 1.87. The number of benzene rings is 1. The van der Waals surface area contributed by atoms with Crippen LogP contribution in [0.3, 0.4) is 0 Å². The Balaban J connectivity index is 3.14. The van der Waals surface area contributed by atoms with Crippen LogP contribution in [0, 0.1) is 11.6 Å². The van der Waals surface area contributed by atoms with Crippen LogP contribution in [-0.2, 0) is 6.54 Å². The van der Waals surface area contributed by atoms with E-state index in [1.807, 2.05) is 0 Å². The van der Waals surface area contributed by atoms with Gasteiger partial charge in [0.05, 0.1) is 6.54 Å². The minimum absolute atomic E-state index is 0.0139. The van der Waals surface area contributed by atoms with Gasteiger partial charge in [0.25, 0.3) is 0 Å². The molecule has 0 aliphatic carbocycles. The van der Waals surface area contributed by atoms with Crippen LogP contribution < -0.4 is 5.73 Å². The summed E-state index contributed by atoms with van der Waals surface area (Å²) in [6.45, 7) is -0.469. The van der Waals surface area contributed by atoms with E-state index in [1.54, 1.807) is 0 Å². The lowest BCUT2D eigenvalue weighted by molar-refractivity contribution is 0.498. The number of hydrogen-bond acceptors (Lipinski definition) is 0.